The summed E-state index contributed by atoms with van der Waals surface area (Å²) in [6.07, 6.45) is 0. The number of nitrogens with zero attached hydrogens (tertiary/aromatic N) is 1. The number of fused-ring (bicyclic) bond motifs is 2. The first-order valence-electron chi connectivity index (χ1n) is 9.70. The van der Waals surface area contributed by atoms with Crippen LogP contribution in [0.5, 0.6) is 0 Å². The highest BCUT2D eigenvalue weighted by molar-refractivity contribution is 6.36. The number of anilines is 2. The highest BCUT2D eigenvalue weighted by Gasteiger charge is 2.32. The normalized spacial score (nSPS) is 20.6. The van der Waals surface area contributed by atoms with Gasteiger partial charge < -0.3 is 20.1 Å². The van der Waals surface area contributed by atoms with Crippen molar-refractivity contribution in [2.45, 2.75) is 6.61 Å². The van der Waals surface area contributed by atoms with Gasteiger partial charge in [-0.1, -0.05) is 18.2 Å². The van der Waals surface area contributed by atoms with Gasteiger partial charge in [-0.15, -0.1) is 0 Å². The molecule has 1 fully saturated rings. The molecule has 0 radical (unpaired) electrons. The van der Waals surface area contributed by atoms with Gasteiger partial charge in [0.1, 0.15) is 12.4 Å². The van der Waals surface area contributed by atoms with Crippen molar-refractivity contribution >= 4 is 34.5 Å². The molecule has 1 saturated heterocycles. The van der Waals surface area contributed by atoms with Crippen molar-refractivity contribution in [1.82, 2.24) is 4.90 Å². The molecule has 2 amide bonds. The smallest absolute Gasteiger partial charge is 0.260 e. The fourth-order valence-corrected chi connectivity index (χ4v) is 3.95. The Morgan fingerprint density at radius 3 is 2.79 bits per heavy atom. The molecule has 0 aromatic heterocycles. The number of nitrogens with one attached hydrogen (secondary N) is 2. The van der Waals surface area contributed by atoms with Gasteiger partial charge in [-0.2, -0.15) is 0 Å². The quantitative estimate of drug-likeness (QED) is 0.785. The van der Waals surface area contributed by atoms with Gasteiger partial charge in [0, 0.05) is 41.2 Å². The number of hydrogen-bond acceptors (Lipinski definition) is 5. The van der Waals surface area contributed by atoms with E-state index in [-0.39, 0.29) is 11.8 Å². The predicted molar refractivity (Wildman–Crippen MR) is 109 cm³/mol. The molecule has 0 saturated carbocycles. The number of carbonyl (C=O) groups excluding carboxylic acids is 2. The molecule has 0 aliphatic carbocycles. The van der Waals surface area contributed by atoms with Crippen LogP contribution in [0.25, 0.3) is 11.3 Å². The van der Waals surface area contributed by atoms with Crippen LogP contribution in [0.4, 0.5) is 11.4 Å². The Hall–Kier alpha value is -3.16. The maximum atomic E-state index is 12.5. The minimum absolute atomic E-state index is 0.0477. The van der Waals surface area contributed by atoms with Crippen LogP contribution in [0, 0.1) is 0 Å². The van der Waals surface area contributed by atoms with Gasteiger partial charge in [0.2, 0.25) is 5.91 Å². The van der Waals surface area contributed by atoms with Crippen molar-refractivity contribution in [1.29, 1.82) is 0 Å². The molecule has 0 bridgehead atoms. The molecule has 2 aromatic carbocycles. The Morgan fingerprint density at radius 2 is 1.93 bits per heavy atom. The van der Waals surface area contributed by atoms with E-state index in [2.05, 4.69) is 15.5 Å². The van der Waals surface area contributed by atoms with Crippen LogP contribution in [-0.2, 0) is 25.7 Å². The fourth-order valence-electron chi connectivity index (χ4n) is 3.95. The van der Waals surface area contributed by atoms with Gasteiger partial charge in [-0.05, 0) is 24.3 Å². The monoisotopic (exact) mass is 391 g/mol. The van der Waals surface area contributed by atoms with Crippen molar-refractivity contribution in [3.05, 3.63) is 59.2 Å². The predicted octanol–water partition coefficient (Wildman–Crippen LogP) is 2.31. The van der Waals surface area contributed by atoms with Crippen molar-refractivity contribution in [2.24, 2.45) is 0 Å². The molecule has 2 N–H and O–H groups in total. The molecule has 3 heterocycles. The number of amides is 2. The molecule has 7 nitrogen and oxygen atoms in total. The molecule has 0 atom stereocenters. The molecule has 29 heavy (non-hydrogen) atoms. The third-order valence-corrected chi connectivity index (χ3v) is 5.38. The Labute approximate surface area is 168 Å². The fraction of sp³-hybridized carbons (Fsp3) is 0.273. The van der Waals surface area contributed by atoms with E-state index in [0.29, 0.717) is 37.7 Å². The summed E-state index contributed by atoms with van der Waals surface area (Å²) >= 11 is 0. The average Bonchev–Trinajstić information content (AvgIpc) is 3.27. The summed E-state index contributed by atoms with van der Waals surface area (Å²) in [5.41, 5.74) is 4.77. The molecular formula is C22H21N3O4. The first-order valence-corrected chi connectivity index (χ1v) is 9.70. The number of benzene rings is 2. The van der Waals surface area contributed by atoms with Crippen molar-refractivity contribution < 1.29 is 19.1 Å². The molecular weight excluding hydrogens is 370 g/mol. The largest absolute Gasteiger partial charge is 0.487 e. The third-order valence-electron chi connectivity index (χ3n) is 5.38. The zero-order valence-corrected chi connectivity index (χ0v) is 15.9. The van der Waals surface area contributed by atoms with E-state index in [1.54, 1.807) is 0 Å². The van der Waals surface area contributed by atoms with Gasteiger partial charge in [0.15, 0.2) is 0 Å². The third kappa shape index (κ3) is 3.39. The first kappa shape index (κ1) is 17.9. The summed E-state index contributed by atoms with van der Waals surface area (Å²) in [7, 11) is 0. The van der Waals surface area contributed by atoms with Crippen LogP contribution in [0.3, 0.4) is 0 Å². The Morgan fingerprint density at radius 1 is 1.10 bits per heavy atom. The van der Waals surface area contributed by atoms with Crippen LogP contribution in [-0.4, -0.2) is 49.6 Å². The lowest BCUT2D eigenvalue weighted by Gasteiger charge is -2.25. The van der Waals surface area contributed by atoms with Crippen molar-refractivity contribution in [3.63, 3.8) is 0 Å². The second-order valence-corrected chi connectivity index (χ2v) is 7.30. The maximum absolute atomic E-state index is 12.5. The van der Waals surface area contributed by atoms with Gasteiger partial charge in [0.25, 0.3) is 5.91 Å². The lowest BCUT2D eigenvalue weighted by atomic mass is 10.0. The van der Waals surface area contributed by atoms with Crippen LogP contribution in [0.2, 0.25) is 0 Å². The van der Waals surface area contributed by atoms with E-state index in [9.17, 15) is 9.59 Å². The number of rotatable bonds is 3. The minimum Gasteiger partial charge on any atom is -0.487 e. The number of para-hydroxylation sites is 1. The zero-order chi connectivity index (χ0) is 19.8. The summed E-state index contributed by atoms with van der Waals surface area (Å²) in [5.74, 6) is 0.388. The summed E-state index contributed by atoms with van der Waals surface area (Å²) in [6, 6.07) is 13.3. The van der Waals surface area contributed by atoms with E-state index in [4.69, 9.17) is 9.47 Å². The van der Waals surface area contributed by atoms with E-state index in [0.717, 1.165) is 41.2 Å². The van der Waals surface area contributed by atoms with Gasteiger partial charge in [-0.3, -0.25) is 14.5 Å². The van der Waals surface area contributed by atoms with Crippen molar-refractivity contribution in [3.8, 4) is 0 Å². The van der Waals surface area contributed by atoms with E-state index in [1.165, 1.54) is 0 Å². The van der Waals surface area contributed by atoms with Crippen LogP contribution < -0.4 is 10.6 Å². The maximum Gasteiger partial charge on any atom is 0.260 e. The van der Waals surface area contributed by atoms with E-state index in [1.807, 2.05) is 42.5 Å². The number of ether oxygens (including phenoxy) is 2. The highest BCUT2D eigenvalue weighted by atomic mass is 16.5. The lowest BCUT2D eigenvalue weighted by molar-refractivity contribution is -0.118. The summed E-state index contributed by atoms with van der Waals surface area (Å²) < 4.78 is 11.2. The second-order valence-electron chi connectivity index (χ2n) is 7.30. The molecule has 3 aliphatic rings. The van der Waals surface area contributed by atoms with E-state index < -0.39 is 0 Å². The van der Waals surface area contributed by atoms with Gasteiger partial charge >= 0.3 is 0 Å². The zero-order valence-electron chi connectivity index (χ0n) is 15.9. The molecule has 7 heteroatoms. The number of carbonyl (C=O) groups is 2. The molecule has 3 aliphatic heterocycles. The highest BCUT2D eigenvalue weighted by Crippen LogP contribution is 2.41. The summed E-state index contributed by atoms with van der Waals surface area (Å²) in [6.45, 7) is 3.59. The number of hydrogen-bond donors (Lipinski definition) is 2. The Kier molecular flexibility index (Phi) is 4.54. The molecule has 148 valence electrons. The van der Waals surface area contributed by atoms with Crippen LogP contribution in [0.1, 0.15) is 16.7 Å². The van der Waals surface area contributed by atoms with Gasteiger partial charge in [0.05, 0.1) is 25.3 Å². The van der Waals surface area contributed by atoms with Gasteiger partial charge in [-0.25, -0.2) is 0 Å². The number of morpholine rings is 1. The molecule has 0 unspecified atom stereocenters. The molecule has 0 spiro atoms. The second kappa shape index (κ2) is 7.35. The van der Waals surface area contributed by atoms with Crippen molar-refractivity contribution in [2.75, 3.05) is 43.5 Å². The standard InChI is InChI=1S/C22H21N3O4/c26-19(12-25-7-9-28-10-8-25)23-15-5-6-16-14(11-15)13-29-21(16)20-17-3-1-2-4-18(17)24-22(20)27/h1-6,11H,7-10,12-13H2,(H,23,26)(H,24,27). The lowest BCUT2D eigenvalue weighted by Crippen LogP contribution is -2.41. The Balaban J connectivity index is 1.37. The molecule has 5 rings (SSSR count). The topological polar surface area (TPSA) is 79.9 Å². The van der Waals surface area contributed by atoms with Crippen LogP contribution >= 0.6 is 0 Å². The summed E-state index contributed by atoms with van der Waals surface area (Å²) in [5, 5.41) is 5.84. The SMILES string of the molecule is O=C(CN1CCOCC1)Nc1ccc2c(c1)COC2=C1C(=O)Nc2ccccc21. The van der Waals surface area contributed by atoms with Crippen LogP contribution in [0.15, 0.2) is 42.5 Å². The van der Waals surface area contributed by atoms with E-state index >= 15 is 0 Å². The Bertz CT molecular complexity index is 1020. The first-order chi connectivity index (χ1) is 14.2. The average molecular weight is 391 g/mol. The summed E-state index contributed by atoms with van der Waals surface area (Å²) in [4.78, 5) is 26.9. The molecule has 2 aromatic rings. The minimum atomic E-state index is -0.156.